The van der Waals surface area contributed by atoms with Gasteiger partial charge in [-0.3, -0.25) is 4.79 Å². The van der Waals surface area contributed by atoms with Gasteiger partial charge in [0.15, 0.2) is 5.82 Å². The van der Waals surface area contributed by atoms with Crippen molar-refractivity contribution in [1.82, 2.24) is 15.0 Å². The first-order valence-corrected chi connectivity index (χ1v) is 6.19. The van der Waals surface area contributed by atoms with Gasteiger partial charge in [0.05, 0.1) is 12.4 Å². The van der Waals surface area contributed by atoms with Gasteiger partial charge in [-0.1, -0.05) is 11.6 Å². The SMILES string of the molecule is Cc1cnc(C(C)Nc2nc[nH]c(=O)c2Cl)s1. The topological polar surface area (TPSA) is 70.7 Å². The largest absolute Gasteiger partial charge is 0.360 e. The zero-order chi connectivity index (χ0) is 12.4. The van der Waals surface area contributed by atoms with E-state index < -0.39 is 0 Å². The summed E-state index contributed by atoms with van der Waals surface area (Å²) in [6.07, 6.45) is 3.13. The molecule has 0 amide bonds. The van der Waals surface area contributed by atoms with Crippen LogP contribution in [0.3, 0.4) is 0 Å². The maximum absolute atomic E-state index is 11.3. The summed E-state index contributed by atoms with van der Waals surface area (Å²) < 4.78 is 0. The number of aromatic amines is 1. The molecule has 0 aliphatic heterocycles. The lowest BCUT2D eigenvalue weighted by Gasteiger charge is -2.12. The van der Waals surface area contributed by atoms with Crippen molar-refractivity contribution in [2.45, 2.75) is 19.9 Å². The quantitative estimate of drug-likeness (QED) is 0.898. The molecule has 2 rings (SSSR count). The molecule has 90 valence electrons. The van der Waals surface area contributed by atoms with Crippen molar-refractivity contribution in [1.29, 1.82) is 0 Å². The molecule has 2 aromatic rings. The number of halogens is 1. The second-order valence-electron chi connectivity index (χ2n) is 3.57. The average molecular weight is 271 g/mol. The summed E-state index contributed by atoms with van der Waals surface area (Å²) in [5, 5.41) is 4.06. The van der Waals surface area contributed by atoms with Gasteiger partial charge < -0.3 is 10.3 Å². The van der Waals surface area contributed by atoms with E-state index in [1.807, 2.05) is 20.0 Å². The van der Waals surface area contributed by atoms with E-state index in [9.17, 15) is 4.79 Å². The number of rotatable bonds is 3. The van der Waals surface area contributed by atoms with Gasteiger partial charge in [0.25, 0.3) is 5.56 Å². The normalized spacial score (nSPS) is 12.4. The van der Waals surface area contributed by atoms with Crippen LogP contribution >= 0.6 is 22.9 Å². The van der Waals surface area contributed by atoms with Crippen LogP contribution in [0.4, 0.5) is 5.82 Å². The second-order valence-corrected chi connectivity index (χ2v) is 5.21. The zero-order valence-corrected chi connectivity index (χ0v) is 10.9. The Morgan fingerprint density at radius 1 is 1.53 bits per heavy atom. The van der Waals surface area contributed by atoms with Gasteiger partial charge in [0, 0.05) is 11.1 Å². The molecule has 0 aromatic carbocycles. The Bertz CT molecular complexity index is 580. The molecule has 2 N–H and O–H groups in total. The van der Waals surface area contributed by atoms with Gasteiger partial charge in [-0.25, -0.2) is 9.97 Å². The van der Waals surface area contributed by atoms with Crippen molar-refractivity contribution in [3.63, 3.8) is 0 Å². The van der Waals surface area contributed by atoms with Crippen LogP contribution in [0.5, 0.6) is 0 Å². The average Bonchev–Trinajstić information content (AvgIpc) is 2.72. The third kappa shape index (κ3) is 2.65. The van der Waals surface area contributed by atoms with Crippen LogP contribution in [0.2, 0.25) is 5.02 Å². The molecule has 0 saturated carbocycles. The lowest BCUT2D eigenvalue weighted by Crippen LogP contribution is -2.14. The molecule has 5 nitrogen and oxygen atoms in total. The molecular weight excluding hydrogens is 260 g/mol. The van der Waals surface area contributed by atoms with Crippen molar-refractivity contribution in [3.05, 3.63) is 37.8 Å². The first-order chi connectivity index (χ1) is 8.08. The van der Waals surface area contributed by atoms with Crippen LogP contribution in [0, 0.1) is 6.92 Å². The van der Waals surface area contributed by atoms with E-state index in [-0.39, 0.29) is 16.6 Å². The van der Waals surface area contributed by atoms with Gasteiger partial charge in [-0.05, 0) is 13.8 Å². The van der Waals surface area contributed by atoms with Crippen molar-refractivity contribution >= 4 is 28.8 Å². The van der Waals surface area contributed by atoms with E-state index in [1.165, 1.54) is 6.33 Å². The Balaban J connectivity index is 2.21. The number of aromatic nitrogens is 3. The monoisotopic (exact) mass is 270 g/mol. The Labute approximate surface area is 107 Å². The summed E-state index contributed by atoms with van der Waals surface area (Å²) in [5.41, 5.74) is -0.355. The number of hydrogen-bond acceptors (Lipinski definition) is 5. The maximum Gasteiger partial charge on any atom is 0.271 e. The molecule has 0 aliphatic rings. The predicted molar refractivity (Wildman–Crippen MR) is 68.8 cm³/mol. The van der Waals surface area contributed by atoms with Crippen LogP contribution < -0.4 is 10.9 Å². The van der Waals surface area contributed by atoms with Crippen molar-refractivity contribution in [3.8, 4) is 0 Å². The van der Waals surface area contributed by atoms with Crippen LogP contribution in [0.15, 0.2) is 17.3 Å². The summed E-state index contributed by atoms with van der Waals surface area (Å²) in [4.78, 5) is 23.1. The number of nitrogens with one attached hydrogen (secondary N) is 2. The number of aryl methyl sites for hydroxylation is 1. The molecule has 1 unspecified atom stereocenters. The zero-order valence-electron chi connectivity index (χ0n) is 9.32. The first-order valence-electron chi connectivity index (χ1n) is 5.00. The van der Waals surface area contributed by atoms with E-state index in [4.69, 9.17) is 11.6 Å². The molecule has 2 aromatic heterocycles. The third-order valence-corrected chi connectivity index (χ3v) is 3.61. The summed E-state index contributed by atoms with van der Waals surface area (Å²) in [6, 6.07) is -0.0412. The molecule has 1 atom stereocenters. The van der Waals surface area contributed by atoms with Gasteiger partial charge in [0.1, 0.15) is 10.0 Å². The summed E-state index contributed by atoms with van der Waals surface area (Å²) >= 11 is 7.44. The van der Waals surface area contributed by atoms with Crippen molar-refractivity contribution < 1.29 is 0 Å². The Kier molecular flexibility index (Phi) is 3.44. The smallest absolute Gasteiger partial charge is 0.271 e. The second kappa shape index (κ2) is 4.85. The maximum atomic E-state index is 11.3. The minimum atomic E-state index is -0.355. The van der Waals surface area contributed by atoms with Crippen molar-refractivity contribution in [2.24, 2.45) is 0 Å². The molecule has 0 fully saturated rings. The summed E-state index contributed by atoms with van der Waals surface area (Å²) in [7, 11) is 0. The Morgan fingerprint density at radius 2 is 2.29 bits per heavy atom. The van der Waals surface area contributed by atoms with Gasteiger partial charge in [-0.15, -0.1) is 11.3 Å². The predicted octanol–water partition coefficient (Wildman–Crippen LogP) is 2.36. The number of hydrogen-bond donors (Lipinski definition) is 2. The highest BCUT2D eigenvalue weighted by Gasteiger charge is 2.13. The molecule has 0 aliphatic carbocycles. The van der Waals surface area contributed by atoms with E-state index in [1.54, 1.807) is 11.3 Å². The molecule has 17 heavy (non-hydrogen) atoms. The minimum absolute atomic E-state index is 0.0412. The number of nitrogens with zero attached hydrogens (tertiary/aromatic N) is 2. The van der Waals surface area contributed by atoms with Gasteiger partial charge in [0.2, 0.25) is 0 Å². The molecule has 0 bridgehead atoms. The Morgan fingerprint density at radius 3 is 2.94 bits per heavy atom. The van der Waals surface area contributed by atoms with Crippen LogP contribution in [-0.4, -0.2) is 15.0 Å². The van der Waals surface area contributed by atoms with E-state index >= 15 is 0 Å². The van der Waals surface area contributed by atoms with Crippen molar-refractivity contribution in [2.75, 3.05) is 5.32 Å². The molecule has 2 heterocycles. The third-order valence-electron chi connectivity index (χ3n) is 2.16. The highest BCUT2D eigenvalue weighted by molar-refractivity contribution is 7.11. The van der Waals surface area contributed by atoms with E-state index in [0.29, 0.717) is 5.82 Å². The van der Waals surface area contributed by atoms with Crippen LogP contribution in [-0.2, 0) is 0 Å². The fourth-order valence-corrected chi connectivity index (χ4v) is 2.26. The number of anilines is 1. The molecule has 0 saturated heterocycles. The fourth-order valence-electron chi connectivity index (χ4n) is 1.32. The van der Waals surface area contributed by atoms with E-state index in [0.717, 1.165) is 9.88 Å². The summed E-state index contributed by atoms with van der Waals surface area (Å²) in [5.74, 6) is 0.371. The lowest BCUT2D eigenvalue weighted by molar-refractivity contribution is 0.857. The van der Waals surface area contributed by atoms with Gasteiger partial charge in [-0.2, -0.15) is 0 Å². The number of H-pyrrole nitrogens is 1. The minimum Gasteiger partial charge on any atom is -0.360 e. The van der Waals surface area contributed by atoms with Crippen LogP contribution in [0.1, 0.15) is 22.9 Å². The molecule has 0 spiro atoms. The summed E-state index contributed by atoms with van der Waals surface area (Å²) in [6.45, 7) is 3.93. The Hall–Kier alpha value is -1.40. The highest BCUT2D eigenvalue weighted by Crippen LogP contribution is 2.24. The first kappa shape index (κ1) is 12.1. The molecular formula is C10H11ClN4OS. The standard InChI is InChI=1S/C10H11ClN4OS/c1-5-3-12-10(17-5)6(2)15-8-7(11)9(16)14-4-13-8/h3-4,6H,1-2H3,(H2,13,14,15,16). The highest BCUT2D eigenvalue weighted by atomic mass is 35.5. The fraction of sp³-hybridized carbons (Fsp3) is 0.300. The molecule has 7 heteroatoms. The lowest BCUT2D eigenvalue weighted by atomic mass is 10.3. The van der Waals surface area contributed by atoms with Gasteiger partial charge >= 0.3 is 0 Å². The number of thiazole rings is 1. The molecule has 0 radical (unpaired) electrons. The van der Waals surface area contributed by atoms with Crippen LogP contribution in [0.25, 0.3) is 0 Å². The van der Waals surface area contributed by atoms with E-state index in [2.05, 4.69) is 20.3 Å².